The molecule has 1 aromatic carbocycles. The third kappa shape index (κ3) is 2.86. The van der Waals surface area contributed by atoms with Gasteiger partial charge in [-0.3, -0.25) is 0 Å². The van der Waals surface area contributed by atoms with Gasteiger partial charge in [-0.1, -0.05) is 24.4 Å². The van der Waals surface area contributed by atoms with E-state index in [4.69, 9.17) is 16.3 Å². The SMILES string of the molecule is COC(=O)c1cc(Cl)cc(N(C)C2CCCC2)c1C. The molecule has 3 nitrogen and oxygen atoms in total. The van der Waals surface area contributed by atoms with Gasteiger partial charge in [-0.05, 0) is 37.5 Å². The Balaban J connectivity index is 2.39. The molecular weight excluding hydrogens is 262 g/mol. The highest BCUT2D eigenvalue weighted by molar-refractivity contribution is 6.31. The maximum absolute atomic E-state index is 11.8. The topological polar surface area (TPSA) is 29.5 Å². The second-order valence-electron chi connectivity index (χ2n) is 5.14. The molecule has 0 aromatic heterocycles. The first-order chi connectivity index (χ1) is 9.04. The Hall–Kier alpha value is -1.22. The molecule has 19 heavy (non-hydrogen) atoms. The lowest BCUT2D eigenvalue weighted by atomic mass is 10.0. The molecule has 1 saturated carbocycles. The minimum absolute atomic E-state index is 0.332. The van der Waals surface area contributed by atoms with Crippen LogP contribution >= 0.6 is 11.6 Å². The molecule has 0 radical (unpaired) electrons. The molecule has 0 aliphatic heterocycles. The van der Waals surface area contributed by atoms with Crippen LogP contribution in [-0.2, 0) is 4.74 Å². The number of ether oxygens (including phenoxy) is 1. The van der Waals surface area contributed by atoms with Crippen molar-refractivity contribution in [2.75, 3.05) is 19.1 Å². The van der Waals surface area contributed by atoms with Crippen molar-refractivity contribution in [2.24, 2.45) is 0 Å². The fraction of sp³-hybridized carbons (Fsp3) is 0.533. The van der Waals surface area contributed by atoms with Crippen molar-refractivity contribution in [3.8, 4) is 0 Å². The highest BCUT2D eigenvalue weighted by Gasteiger charge is 2.23. The zero-order chi connectivity index (χ0) is 14.0. The van der Waals surface area contributed by atoms with E-state index in [9.17, 15) is 4.79 Å². The van der Waals surface area contributed by atoms with Gasteiger partial charge in [-0.25, -0.2) is 4.79 Å². The maximum Gasteiger partial charge on any atom is 0.338 e. The largest absolute Gasteiger partial charge is 0.465 e. The van der Waals surface area contributed by atoms with E-state index in [1.807, 2.05) is 13.0 Å². The van der Waals surface area contributed by atoms with Gasteiger partial charge in [0.2, 0.25) is 0 Å². The van der Waals surface area contributed by atoms with Crippen LogP contribution in [0.5, 0.6) is 0 Å². The molecule has 0 spiro atoms. The summed E-state index contributed by atoms with van der Waals surface area (Å²) in [7, 11) is 3.47. The third-order valence-corrected chi connectivity index (χ3v) is 4.22. The number of esters is 1. The maximum atomic E-state index is 11.8. The summed E-state index contributed by atoms with van der Waals surface area (Å²) < 4.78 is 4.82. The van der Waals surface area contributed by atoms with Crippen molar-refractivity contribution in [2.45, 2.75) is 38.6 Å². The summed E-state index contributed by atoms with van der Waals surface area (Å²) in [5, 5.41) is 0.575. The second kappa shape index (κ2) is 5.83. The highest BCUT2D eigenvalue weighted by Crippen LogP contribution is 2.32. The van der Waals surface area contributed by atoms with Crippen LogP contribution in [0.25, 0.3) is 0 Å². The van der Waals surface area contributed by atoms with Gasteiger partial charge in [0.1, 0.15) is 0 Å². The van der Waals surface area contributed by atoms with Gasteiger partial charge in [0.25, 0.3) is 0 Å². The number of halogens is 1. The number of hydrogen-bond acceptors (Lipinski definition) is 3. The first kappa shape index (κ1) is 14.2. The summed E-state index contributed by atoms with van der Waals surface area (Å²) in [5.74, 6) is -0.332. The zero-order valence-corrected chi connectivity index (χ0v) is 12.5. The molecule has 1 fully saturated rings. The molecule has 0 bridgehead atoms. The van der Waals surface area contributed by atoms with Gasteiger partial charge in [-0.15, -0.1) is 0 Å². The molecule has 1 aliphatic rings. The van der Waals surface area contributed by atoms with Crippen molar-refractivity contribution in [3.05, 3.63) is 28.3 Å². The van der Waals surface area contributed by atoms with Crippen LogP contribution in [-0.4, -0.2) is 26.2 Å². The molecule has 1 aromatic rings. The van der Waals surface area contributed by atoms with Gasteiger partial charge in [-0.2, -0.15) is 0 Å². The summed E-state index contributed by atoms with van der Waals surface area (Å²) in [6.07, 6.45) is 4.96. The molecule has 0 heterocycles. The van der Waals surface area contributed by atoms with Gasteiger partial charge in [0.05, 0.1) is 12.7 Å². The minimum atomic E-state index is -0.332. The fourth-order valence-electron chi connectivity index (χ4n) is 2.84. The van der Waals surface area contributed by atoms with E-state index in [1.165, 1.54) is 32.8 Å². The Labute approximate surface area is 119 Å². The summed E-state index contributed by atoms with van der Waals surface area (Å²) in [6.45, 7) is 1.95. The number of carbonyl (C=O) groups is 1. The predicted octanol–water partition coefficient (Wildman–Crippen LogP) is 3.81. The van der Waals surface area contributed by atoms with Crippen LogP contribution in [0.3, 0.4) is 0 Å². The van der Waals surface area contributed by atoms with Crippen molar-refractivity contribution in [1.29, 1.82) is 0 Å². The molecular formula is C15H20ClNO2. The average Bonchev–Trinajstić information content (AvgIpc) is 2.93. The van der Waals surface area contributed by atoms with Crippen LogP contribution in [0.15, 0.2) is 12.1 Å². The number of hydrogen-bond donors (Lipinski definition) is 0. The predicted molar refractivity (Wildman–Crippen MR) is 78.2 cm³/mol. The highest BCUT2D eigenvalue weighted by atomic mass is 35.5. The fourth-order valence-corrected chi connectivity index (χ4v) is 3.05. The van der Waals surface area contributed by atoms with Crippen LogP contribution in [0.2, 0.25) is 5.02 Å². The summed E-state index contributed by atoms with van der Waals surface area (Å²) in [5.41, 5.74) is 2.51. The molecule has 0 saturated heterocycles. The molecule has 1 aliphatic carbocycles. The standard InChI is InChI=1S/C15H20ClNO2/c1-10-13(15(18)19-3)8-11(16)9-14(10)17(2)12-6-4-5-7-12/h8-9,12H,4-7H2,1-3H3. The molecule has 104 valence electrons. The Morgan fingerprint density at radius 3 is 2.58 bits per heavy atom. The van der Waals surface area contributed by atoms with E-state index in [0.717, 1.165) is 11.3 Å². The minimum Gasteiger partial charge on any atom is -0.465 e. The van der Waals surface area contributed by atoms with Crippen molar-refractivity contribution < 1.29 is 9.53 Å². The molecule has 2 rings (SSSR count). The Morgan fingerprint density at radius 2 is 2.00 bits per heavy atom. The van der Waals surface area contributed by atoms with E-state index in [0.29, 0.717) is 16.6 Å². The van der Waals surface area contributed by atoms with Crippen LogP contribution in [0.4, 0.5) is 5.69 Å². The number of methoxy groups -OCH3 is 1. The van der Waals surface area contributed by atoms with Gasteiger partial charge in [0, 0.05) is 23.8 Å². The molecule has 4 heteroatoms. The summed E-state index contributed by atoms with van der Waals surface area (Å²) in [6, 6.07) is 4.15. The lowest BCUT2D eigenvalue weighted by Gasteiger charge is -2.29. The first-order valence-corrected chi connectivity index (χ1v) is 7.03. The molecule has 0 atom stereocenters. The summed E-state index contributed by atoms with van der Waals surface area (Å²) >= 11 is 6.14. The van der Waals surface area contributed by atoms with Crippen molar-refractivity contribution >= 4 is 23.3 Å². The van der Waals surface area contributed by atoms with Crippen LogP contribution in [0, 0.1) is 6.92 Å². The van der Waals surface area contributed by atoms with E-state index < -0.39 is 0 Å². The van der Waals surface area contributed by atoms with Crippen molar-refractivity contribution in [1.82, 2.24) is 0 Å². The second-order valence-corrected chi connectivity index (χ2v) is 5.57. The number of carbonyl (C=O) groups excluding carboxylic acids is 1. The van der Waals surface area contributed by atoms with Crippen LogP contribution in [0.1, 0.15) is 41.6 Å². The number of benzene rings is 1. The van der Waals surface area contributed by atoms with Gasteiger partial charge in [0.15, 0.2) is 0 Å². The smallest absolute Gasteiger partial charge is 0.338 e. The first-order valence-electron chi connectivity index (χ1n) is 6.66. The third-order valence-electron chi connectivity index (χ3n) is 4.00. The Kier molecular flexibility index (Phi) is 4.35. The molecule has 0 N–H and O–H groups in total. The normalized spacial score (nSPS) is 15.6. The van der Waals surface area contributed by atoms with Gasteiger partial charge >= 0.3 is 5.97 Å². The average molecular weight is 282 g/mol. The Bertz CT molecular complexity index is 481. The lowest BCUT2D eigenvalue weighted by molar-refractivity contribution is 0.0600. The van der Waals surface area contributed by atoms with E-state index in [2.05, 4.69) is 11.9 Å². The van der Waals surface area contributed by atoms with Crippen LogP contribution < -0.4 is 4.90 Å². The lowest BCUT2D eigenvalue weighted by Crippen LogP contribution is -2.29. The Morgan fingerprint density at radius 1 is 1.37 bits per heavy atom. The molecule has 0 amide bonds. The van der Waals surface area contributed by atoms with E-state index in [1.54, 1.807) is 6.07 Å². The number of anilines is 1. The quantitative estimate of drug-likeness (QED) is 0.789. The number of rotatable bonds is 3. The van der Waals surface area contributed by atoms with Gasteiger partial charge < -0.3 is 9.64 Å². The monoisotopic (exact) mass is 281 g/mol. The molecule has 0 unspecified atom stereocenters. The number of nitrogens with zero attached hydrogens (tertiary/aromatic N) is 1. The summed E-state index contributed by atoms with van der Waals surface area (Å²) in [4.78, 5) is 14.0. The van der Waals surface area contributed by atoms with Crippen molar-refractivity contribution in [3.63, 3.8) is 0 Å². The van der Waals surface area contributed by atoms with E-state index >= 15 is 0 Å². The van der Waals surface area contributed by atoms with E-state index in [-0.39, 0.29) is 5.97 Å². The zero-order valence-electron chi connectivity index (χ0n) is 11.7.